The van der Waals surface area contributed by atoms with Crippen LogP contribution in [0, 0.1) is 0 Å². The van der Waals surface area contributed by atoms with Crippen molar-refractivity contribution in [2.24, 2.45) is 0 Å². The predicted molar refractivity (Wildman–Crippen MR) is 113 cm³/mol. The smallest absolute Gasteiger partial charge is 0.331 e. The maximum Gasteiger partial charge on any atom is 0.331 e. The molecule has 0 radical (unpaired) electrons. The largest absolute Gasteiger partial charge is 0.460 e. The third-order valence-electron chi connectivity index (χ3n) is 3.82. The van der Waals surface area contributed by atoms with Crippen LogP contribution in [0.15, 0.2) is 72.8 Å². The Morgan fingerprint density at radius 2 is 1.50 bits per heavy atom. The standard InChI is InChI=1S/C22H25NO6S/c1-17(2)29-22(25)14-13-21(24)28-15-20(19-11-7-4-8-12-19)23-30(26,27)16-18-9-5-3-6-10-18/h3-14,17,20,23H,15-16H2,1-2H3/b14-13+. The Hall–Kier alpha value is -2.97. The number of hydrogen-bond acceptors (Lipinski definition) is 6. The van der Waals surface area contributed by atoms with Crippen molar-refractivity contribution >= 4 is 22.0 Å². The number of esters is 2. The highest BCUT2D eigenvalue weighted by Crippen LogP contribution is 2.16. The molecule has 0 amide bonds. The lowest BCUT2D eigenvalue weighted by Gasteiger charge is -2.19. The number of carbonyl (C=O) groups is 2. The summed E-state index contributed by atoms with van der Waals surface area (Å²) < 4.78 is 37.9. The van der Waals surface area contributed by atoms with E-state index in [0.29, 0.717) is 11.1 Å². The van der Waals surface area contributed by atoms with Gasteiger partial charge in [0, 0.05) is 12.2 Å². The zero-order chi connectivity index (χ0) is 22.0. The van der Waals surface area contributed by atoms with Crippen LogP contribution in [0.1, 0.15) is 31.0 Å². The Labute approximate surface area is 176 Å². The molecular weight excluding hydrogens is 406 g/mol. The van der Waals surface area contributed by atoms with E-state index in [4.69, 9.17) is 9.47 Å². The first-order valence-corrected chi connectivity index (χ1v) is 11.0. The minimum Gasteiger partial charge on any atom is -0.460 e. The second-order valence-electron chi connectivity index (χ2n) is 6.77. The summed E-state index contributed by atoms with van der Waals surface area (Å²) in [6, 6.07) is 16.8. The fraction of sp³-hybridized carbons (Fsp3) is 0.273. The third kappa shape index (κ3) is 8.59. The van der Waals surface area contributed by atoms with Gasteiger partial charge in [-0.2, -0.15) is 0 Å². The van der Waals surface area contributed by atoms with Gasteiger partial charge in [0.2, 0.25) is 10.0 Å². The second kappa shape index (κ2) is 11.3. The molecule has 0 bridgehead atoms. The molecule has 0 aliphatic carbocycles. The molecule has 0 saturated heterocycles. The molecule has 160 valence electrons. The molecule has 0 aliphatic rings. The van der Waals surface area contributed by atoms with Crippen LogP contribution < -0.4 is 4.72 Å². The summed E-state index contributed by atoms with van der Waals surface area (Å²) >= 11 is 0. The molecule has 1 N–H and O–H groups in total. The minimum atomic E-state index is -3.70. The Kier molecular flexibility index (Phi) is 8.76. The van der Waals surface area contributed by atoms with E-state index in [0.717, 1.165) is 12.2 Å². The van der Waals surface area contributed by atoms with Gasteiger partial charge in [0.05, 0.1) is 17.9 Å². The first kappa shape index (κ1) is 23.3. The minimum absolute atomic E-state index is 0.202. The van der Waals surface area contributed by atoms with Crippen molar-refractivity contribution in [3.63, 3.8) is 0 Å². The van der Waals surface area contributed by atoms with Gasteiger partial charge in [0.1, 0.15) is 6.61 Å². The highest BCUT2D eigenvalue weighted by molar-refractivity contribution is 7.88. The molecule has 0 saturated carbocycles. The first-order valence-electron chi connectivity index (χ1n) is 9.39. The van der Waals surface area contributed by atoms with Crippen molar-refractivity contribution in [2.45, 2.75) is 31.7 Å². The number of ether oxygens (including phenoxy) is 2. The molecule has 1 atom stereocenters. The molecule has 30 heavy (non-hydrogen) atoms. The Morgan fingerprint density at radius 1 is 0.933 bits per heavy atom. The Morgan fingerprint density at radius 3 is 2.10 bits per heavy atom. The molecule has 1 unspecified atom stereocenters. The van der Waals surface area contributed by atoms with Crippen molar-refractivity contribution < 1.29 is 27.5 Å². The van der Waals surface area contributed by atoms with Crippen LogP contribution in [0.3, 0.4) is 0 Å². The summed E-state index contributed by atoms with van der Waals surface area (Å²) in [6.45, 7) is 3.15. The van der Waals surface area contributed by atoms with Gasteiger partial charge in [0.25, 0.3) is 0 Å². The van der Waals surface area contributed by atoms with E-state index in [-0.39, 0.29) is 18.5 Å². The SMILES string of the molecule is CC(C)OC(=O)/C=C/C(=O)OCC(NS(=O)(=O)Cc1ccccc1)c1ccccc1. The topological polar surface area (TPSA) is 98.8 Å². The van der Waals surface area contributed by atoms with E-state index in [2.05, 4.69) is 4.72 Å². The van der Waals surface area contributed by atoms with Crippen LogP contribution in [0.4, 0.5) is 0 Å². The number of benzene rings is 2. The third-order valence-corrected chi connectivity index (χ3v) is 5.18. The molecule has 0 aliphatic heterocycles. The maximum absolute atomic E-state index is 12.6. The molecule has 0 aromatic heterocycles. The molecular formula is C22H25NO6S. The van der Waals surface area contributed by atoms with Gasteiger partial charge in [-0.3, -0.25) is 0 Å². The van der Waals surface area contributed by atoms with Crippen LogP contribution in [0.5, 0.6) is 0 Å². The monoisotopic (exact) mass is 431 g/mol. The predicted octanol–water partition coefficient (Wildman–Crippen LogP) is 2.90. The summed E-state index contributed by atoms with van der Waals surface area (Å²) in [4.78, 5) is 23.4. The molecule has 2 aromatic rings. The average Bonchev–Trinajstić information content (AvgIpc) is 2.70. The molecule has 2 rings (SSSR count). The fourth-order valence-corrected chi connectivity index (χ4v) is 3.91. The quantitative estimate of drug-likeness (QED) is 0.459. The summed E-state index contributed by atoms with van der Waals surface area (Å²) in [6.07, 6.45) is 1.62. The van der Waals surface area contributed by atoms with Gasteiger partial charge < -0.3 is 9.47 Å². The van der Waals surface area contributed by atoms with Crippen LogP contribution in [0.2, 0.25) is 0 Å². The molecule has 2 aromatic carbocycles. The number of rotatable bonds is 10. The number of hydrogen-bond donors (Lipinski definition) is 1. The number of carbonyl (C=O) groups excluding carboxylic acids is 2. The van der Waals surface area contributed by atoms with Gasteiger partial charge in [-0.1, -0.05) is 60.7 Å². The summed E-state index contributed by atoms with van der Waals surface area (Å²) in [7, 11) is -3.70. The van der Waals surface area contributed by atoms with Gasteiger partial charge in [0.15, 0.2) is 0 Å². The van der Waals surface area contributed by atoms with Crippen molar-refractivity contribution in [3.8, 4) is 0 Å². The number of nitrogens with one attached hydrogen (secondary N) is 1. The van der Waals surface area contributed by atoms with Crippen LogP contribution in [0.25, 0.3) is 0 Å². The van der Waals surface area contributed by atoms with Gasteiger partial charge in [-0.15, -0.1) is 0 Å². The van der Waals surface area contributed by atoms with Crippen molar-refractivity contribution in [1.82, 2.24) is 4.72 Å². The molecule has 8 heteroatoms. The van der Waals surface area contributed by atoms with Crippen LogP contribution in [-0.2, 0) is 34.8 Å². The van der Waals surface area contributed by atoms with Crippen molar-refractivity contribution in [2.75, 3.05) is 6.61 Å². The fourth-order valence-electron chi connectivity index (χ4n) is 2.56. The van der Waals surface area contributed by atoms with Gasteiger partial charge in [-0.05, 0) is 25.0 Å². The molecule has 0 heterocycles. The molecule has 7 nitrogen and oxygen atoms in total. The summed E-state index contributed by atoms with van der Waals surface area (Å²) in [5, 5.41) is 0. The van der Waals surface area contributed by atoms with Crippen LogP contribution in [-0.4, -0.2) is 33.1 Å². The lowest BCUT2D eigenvalue weighted by Crippen LogP contribution is -2.33. The zero-order valence-electron chi connectivity index (χ0n) is 16.9. The normalized spacial score (nSPS) is 12.6. The maximum atomic E-state index is 12.6. The van der Waals surface area contributed by atoms with Gasteiger partial charge >= 0.3 is 11.9 Å². The lowest BCUT2D eigenvalue weighted by atomic mass is 10.1. The molecule has 0 fully saturated rings. The summed E-state index contributed by atoms with van der Waals surface area (Å²) in [5.41, 5.74) is 1.28. The Bertz CT molecular complexity index is 956. The van der Waals surface area contributed by atoms with E-state index in [1.807, 2.05) is 0 Å². The van der Waals surface area contributed by atoms with E-state index in [9.17, 15) is 18.0 Å². The van der Waals surface area contributed by atoms with Gasteiger partial charge in [-0.25, -0.2) is 22.7 Å². The first-order chi connectivity index (χ1) is 14.2. The summed E-state index contributed by atoms with van der Waals surface area (Å²) in [5.74, 6) is -1.64. The molecule has 0 spiro atoms. The van der Waals surface area contributed by atoms with Crippen molar-refractivity contribution in [1.29, 1.82) is 0 Å². The van der Waals surface area contributed by atoms with Crippen molar-refractivity contribution in [3.05, 3.63) is 83.9 Å². The Balaban J connectivity index is 2.04. The van der Waals surface area contributed by atoms with E-state index < -0.39 is 28.0 Å². The highest BCUT2D eigenvalue weighted by Gasteiger charge is 2.21. The lowest BCUT2D eigenvalue weighted by molar-refractivity contribution is -0.143. The second-order valence-corrected chi connectivity index (χ2v) is 8.53. The number of sulfonamides is 1. The highest BCUT2D eigenvalue weighted by atomic mass is 32.2. The van der Waals surface area contributed by atoms with E-state index in [1.54, 1.807) is 74.5 Å². The van der Waals surface area contributed by atoms with E-state index >= 15 is 0 Å². The van der Waals surface area contributed by atoms with Crippen LogP contribution >= 0.6 is 0 Å². The average molecular weight is 432 g/mol. The zero-order valence-corrected chi connectivity index (χ0v) is 17.7. The van der Waals surface area contributed by atoms with E-state index in [1.165, 1.54) is 0 Å².